The standard InChI is InChI=1S/C13H15N3O/c1-11-4-2-5-12(10-11)17-9-8-14-13-6-3-7-15-16-13/h2-7,10H,8-9H2,1H3,(H,14,16). The Morgan fingerprint density at radius 1 is 1.24 bits per heavy atom. The van der Waals surface area contributed by atoms with E-state index in [1.54, 1.807) is 6.20 Å². The molecule has 0 saturated heterocycles. The van der Waals surface area contributed by atoms with E-state index in [2.05, 4.69) is 15.5 Å². The minimum absolute atomic E-state index is 0.597. The molecule has 1 aromatic heterocycles. The van der Waals surface area contributed by atoms with Gasteiger partial charge in [0.05, 0.1) is 6.54 Å². The number of benzene rings is 1. The Hall–Kier alpha value is -2.10. The van der Waals surface area contributed by atoms with Gasteiger partial charge < -0.3 is 10.1 Å². The highest BCUT2D eigenvalue weighted by molar-refractivity contribution is 5.31. The lowest BCUT2D eigenvalue weighted by Crippen LogP contribution is -2.12. The van der Waals surface area contributed by atoms with Gasteiger partial charge in [-0.25, -0.2) is 0 Å². The Morgan fingerprint density at radius 3 is 2.94 bits per heavy atom. The molecule has 0 aliphatic heterocycles. The largest absolute Gasteiger partial charge is 0.492 e. The summed E-state index contributed by atoms with van der Waals surface area (Å²) < 4.78 is 5.60. The van der Waals surface area contributed by atoms with E-state index in [0.29, 0.717) is 13.2 Å². The van der Waals surface area contributed by atoms with Crippen molar-refractivity contribution in [3.05, 3.63) is 48.2 Å². The summed E-state index contributed by atoms with van der Waals surface area (Å²) in [5, 5.41) is 10.8. The first-order chi connectivity index (χ1) is 8.34. The molecule has 0 aliphatic carbocycles. The summed E-state index contributed by atoms with van der Waals surface area (Å²) in [4.78, 5) is 0. The SMILES string of the molecule is Cc1cccc(OCCNc2cccnn2)c1. The average Bonchev–Trinajstić information content (AvgIpc) is 2.36. The molecule has 17 heavy (non-hydrogen) atoms. The average molecular weight is 229 g/mol. The molecule has 1 heterocycles. The number of hydrogen-bond acceptors (Lipinski definition) is 4. The minimum atomic E-state index is 0.597. The van der Waals surface area contributed by atoms with Gasteiger partial charge in [0.25, 0.3) is 0 Å². The maximum atomic E-state index is 5.60. The molecule has 0 unspecified atom stereocenters. The van der Waals surface area contributed by atoms with Crippen molar-refractivity contribution in [3.8, 4) is 5.75 Å². The van der Waals surface area contributed by atoms with Crippen LogP contribution in [0.3, 0.4) is 0 Å². The topological polar surface area (TPSA) is 47.0 Å². The second-order valence-corrected chi connectivity index (χ2v) is 3.70. The zero-order chi connectivity index (χ0) is 11.9. The van der Waals surface area contributed by atoms with Gasteiger partial charge in [0, 0.05) is 6.20 Å². The first-order valence-electron chi connectivity index (χ1n) is 5.55. The molecule has 1 aromatic carbocycles. The second-order valence-electron chi connectivity index (χ2n) is 3.70. The molecule has 0 radical (unpaired) electrons. The maximum Gasteiger partial charge on any atom is 0.148 e. The number of aromatic nitrogens is 2. The number of nitrogens with one attached hydrogen (secondary N) is 1. The molecule has 0 saturated carbocycles. The summed E-state index contributed by atoms with van der Waals surface area (Å²) in [7, 11) is 0. The van der Waals surface area contributed by atoms with Crippen LogP contribution in [0.4, 0.5) is 5.82 Å². The Bertz CT molecular complexity index is 459. The van der Waals surface area contributed by atoms with E-state index in [1.165, 1.54) is 5.56 Å². The van der Waals surface area contributed by atoms with E-state index in [9.17, 15) is 0 Å². The normalized spacial score (nSPS) is 9.94. The van der Waals surface area contributed by atoms with E-state index in [0.717, 1.165) is 11.6 Å². The summed E-state index contributed by atoms with van der Waals surface area (Å²) in [5.41, 5.74) is 1.20. The quantitative estimate of drug-likeness (QED) is 0.799. The van der Waals surface area contributed by atoms with Crippen LogP contribution in [0.1, 0.15) is 5.56 Å². The highest BCUT2D eigenvalue weighted by Crippen LogP contribution is 2.11. The minimum Gasteiger partial charge on any atom is -0.492 e. The zero-order valence-corrected chi connectivity index (χ0v) is 9.76. The van der Waals surface area contributed by atoms with Crippen molar-refractivity contribution in [2.45, 2.75) is 6.92 Å². The van der Waals surface area contributed by atoms with Crippen molar-refractivity contribution in [3.63, 3.8) is 0 Å². The Kier molecular flexibility index (Phi) is 3.91. The summed E-state index contributed by atoms with van der Waals surface area (Å²) in [6, 6.07) is 11.7. The molecule has 0 atom stereocenters. The van der Waals surface area contributed by atoms with Crippen molar-refractivity contribution in [1.29, 1.82) is 0 Å². The number of ether oxygens (including phenoxy) is 1. The molecule has 1 N–H and O–H groups in total. The van der Waals surface area contributed by atoms with Crippen LogP contribution in [0.5, 0.6) is 5.75 Å². The third-order valence-corrected chi connectivity index (χ3v) is 2.24. The van der Waals surface area contributed by atoms with Gasteiger partial charge in [0.1, 0.15) is 18.2 Å². The lowest BCUT2D eigenvalue weighted by Gasteiger charge is -2.07. The predicted octanol–water partition coefficient (Wildman–Crippen LogP) is 2.28. The monoisotopic (exact) mass is 229 g/mol. The Morgan fingerprint density at radius 2 is 2.18 bits per heavy atom. The molecule has 4 nitrogen and oxygen atoms in total. The molecule has 2 aromatic rings. The van der Waals surface area contributed by atoms with Gasteiger partial charge in [-0.1, -0.05) is 12.1 Å². The van der Waals surface area contributed by atoms with Crippen LogP contribution < -0.4 is 10.1 Å². The van der Waals surface area contributed by atoms with Crippen LogP contribution in [0.25, 0.3) is 0 Å². The van der Waals surface area contributed by atoms with Gasteiger partial charge in [-0.15, -0.1) is 5.10 Å². The number of nitrogens with zero attached hydrogens (tertiary/aromatic N) is 2. The van der Waals surface area contributed by atoms with E-state index >= 15 is 0 Å². The van der Waals surface area contributed by atoms with Crippen LogP contribution in [0.2, 0.25) is 0 Å². The van der Waals surface area contributed by atoms with Crippen LogP contribution in [-0.2, 0) is 0 Å². The third kappa shape index (κ3) is 3.75. The number of anilines is 1. The molecule has 0 spiro atoms. The van der Waals surface area contributed by atoms with Gasteiger partial charge in [-0.3, -0.25) is 0 Å². The third-order valence-electron chi connectivity index (χ3n) is 2.24. The van der Waals surface area contributed by atoms with Gasteiger partial charge in [-0.2, -0.15) is 5.10 Å². The van der Waals surface area contributed by atoms with Gasteiger partial charge in [-0.05, 0) is 36.8 Å². The lowest BCUT2D eigenvalue weighted by atomic mass is 10.2. The van der Waals surface area contributed by atoms with Crippen molar-refractivity contribution in [2.24, 2.45) is 0 Å². The first-order valence-corrected chi connectivity index (χ1v) is 5.55. The fraction of sp³-hybridized carbons (Fsp3) is 0.231. The van der Waals surface area contributed by atoms with Gasteiger partial charge in [0.2, 0.25) is 0 Å². The Balaban J connectivity index is 1.73. The molecular formula is C13H15N3O. The van der Waals surface area contributed by atoms with Crippen molar-refractivity contribution >= 4 is 5.82 Å². The highest BCUT2D eigenvalue weighted by Gasteiger charge is 1.95. The maximum absolute atomic E-state index is 5.60. The second kappa shape index (κ2) is 5.84. The fourth-order valence-electron chi connectivity index (χ4n) is 1.45. The first kappa shape index (κ1) is 11.4. The van der Waals surface area contributed by atoms with Crippen molar-refractivity contribution in [1.82, 2.24) is 10.2 Å². The smallest absolute Gasteiger partial charge is 0.148 e. The molecule has 0 amide bonds. The van der Waals surface area contributed by atoms with Gasteiger partial charge >= 0.3 is 0 Å². The number of rotatable bonds is 5. The molecule has 4 heteroatoms. The predicted molar refractivity (Wildman–Crippen MR) is 67.2 cm³/mol. The Labute approximate surface area is 101 Å². The summed E-state index contributed by atoms with van der Waals surface area (Å²) >= 11 is 0. The van der Waals surface area contributed by atoms with Gasteiger partial charge in [0.15, 0.2) is 0 Å². The van der Waals surface area contributed by atoms with Crippen LogP contribution in [0, 0.1) is 6.92 Å². The molecule has 0 bridgehead atoms. The van der Waals surface area contributed by atoms with Crippen LogP contribution in [0.15, 0.2) is 42.6 Å². The number of aryl methyl sites for hydroxylation is 1. The number of hydrogen-bond donors (Lipinski definition) is 1. The molecule has 0 fully saturated rings. The molecule has 2 rings (SSSR count). The van der Waals surface area contributed by atoms with Crippen molar-refractivity contribution in [2.75, 3.05) is 18.5 Å². The van der Waals surface area contributed by atoms with E-state index < -0.39 is 0 Å². The van der Waals surface area contributed by atoms with Crippen LogP contribution >= 0.6 is 0 Å². The lowest BCUT2D eigenvalue weighted by molar-refractivity contribution is 0.332. The summed E-state index contributed by atoms with van der Waals surface area (Å²) in [6.07, 6.45) is 1.65. The van der Waals surface area contributed by atoms with Crippen LogP contribution in [-0.4, -0.2) is 23.3 Å². The molecule has 0 aliphatic rings. The zero-order valence-electron chi connectivity index (χ0n) is 9.76. The van der Waals surface area contributed by atoms with Crippen molar-refractivity contribution < 1.29 is 4.74 Å². The van der Waals surface area contributed by atoms with E-state index in [1.807, 2.05) is 43.3 Å². The highest BCUT2D eigenvalue weighted by atomic mass is 16.5. The fourth-order valence-corrected chi connectivity index (χ4v) is 1.45. The summed E-state index contributed by atoms with van der Waals surface area (Å²) in [5.74, 6) is 1.66. The molecule has 88 valence electrons. The summed E-state index contributed by atoms with van der Waals surface area (Å²) in [6.45, 7) is 3.34. The van der Waals surface area contributed by atoms with E-state index in [-0.39, 0.29) is 0 Å². The molecular weight excluding hydrogens is 214 g/mol. The van der Waals surface area contributed by atoms with E-state index in [4.69, 9.17) is 4.74 Å².